The van der Waals surface area contributed by atoms with E-state index in [-0.39, 0.29) is 11.7 Å². The first kappa shape index (κ1) is 17.1. The summed E-state index contributed by atoms with van der Waals surface area (Å²) in [7, 11) is 0. The molecule has 27 heavy (non-hydrogen) atoms. The molecule has 2 heterocycles. The van der Waals surface area contributed by atoms with Gasteiger partial charge >= 0.3 is 0 Å². The third-order valence-corrected chi connectivity index (χ3v) is 4.68. The van der Waals surface area contributed by atoms with Gasteiger partial charge in [-0.3, -0.25) is 9.78 Å². The largest absolute Gasteiger partial charge is 0.276 e. The maximum absolute atomic E-state index is 14.5. The number of hydrazone groups is 1. The summed E-state index contributed by atoms with van der Waals surface area (Å²) in [5.74, 6) is -0.634. The Kier molecular flexibility index (Phi) is 4.50. The summed E-state index contributed by atoms with van der Waals surface area (Å²) in [5.41, 5.74) is 3.73. The average Bonchev–Trinajstić information content (AvgIpc) is 3.14. The number of rotatable bonds is 3. The fraction of sp³-hybridized carbons (Fsp3) is 0.136. The van der Waals surface area contributed by atoms with E-state index in [1.54, 1.807) is 36.5 Å². The van der Waals surface area contributed by atoms with Crippen molar-refractivity contribution in [2.45, 2.75) is 19.4 Å². The highest BCUT2D eigenvalue weighted by Gasteiger charge is 2.35. The van der Waals surface area contributed by atoms with Gasteiger partial charge in [-0.2, -0.15) is 5.10 Å². The summed E-state index contributed by atoms with van der Waals surface area (Å²) < 4.78 is 14.5. The Labute approximate surface area is 157 Å². The van der Waals surface area contributed by atoms with E-state index in [1.165, 1.54) is 17.3 Å². The predicted octanol–water partition coefficient (Wildman–Crippen LogP) is 4.52. The topological polar surface area (TPSA) is 45.6 Å². The molecule has 4 nitrogen and oxygen atoms in total. The lowest BCUT2D eigenvalue weighted by atomic mass is 9.97. The molecule has 1 amide bonds. The standard InChI is InChI=1S/C22H18FN3O/c1-15-8-10-16(11-9-15)20-13-21(18-6-2-3-7-19(18)23)26(25-20)22(27)17-5-4-12-24-14-17/h2-12,14,21H,13H2,1H3/t21-/m1/s1. The number of aromatic nitrogens is 1. The zero-order chi connectivity index (χ0) is 18.8. The van der Waals surface area contributed by atoms with Gasteiger partial charge in [0.05, 0.1) is 17.3 Å². The van der Waals surface area contributed by atoms with Crippen molar-refractivity contribution in [3.05, 3.63) is 101 Å². The van der Waals surface area contributed by atoms with Crippen LogP contribution in [0.4, 0.5) is 4.39 Å². The molecule has 134 valence electrons. The van der Waals surface area contributed by atoms with Gasteiger partial charge in [0.2, 0.25) is 0 Å². The second-order valence-electron chi connectivity index (χ2n) is 6.55. The molecular weight excluding hydrogens is 341 g/mol. The summed E-state index contributed by atoms with van der Waals surface area (Å²) >= 11 is 0. The summed E-state index contributed by atoms with van der Waals surface area (Å²) in [6.45, 7) is 2.01. The molecule has 5 heteroatoms. The number of nitrogens with zero attached hydrogens (tertiary/aromatic N) is 3. The molecule has 2 aromatic carbocycles. The van der Waals surface area contributed by atoms with Crippen LogP contribution < -0.4 is 0 Å². The lowest BCUT2D eigenvalue weighted by molar-refractivity contribution is 0.0708. The fourth-order valence-corrected chi connectivity index (χ4v) is 3.23. The van der Waals surface area contributed by atoms with Gasteiger partial charge < -0.3 is 0 Å². The molecule has 1 aromatic heterocycles. The Balaban J connectivity index is 1.75. The minimum absolute atomic E-state index is 0.293. The van der Waals surface area contributed by atoms with Crippen LogP contribution in [0.1, 0.15) is 39.5 Å². The fourth-order valence-electron chi connectivity index (χ4n) is 3.23. The second kappa shape index (κ2) is 7.11. The molecule has 1 aliphatic heterocycles. The van der Waals surface area contributed by atoms with Crippen LogP contribution >= 0.6 is 0 Å². The minimum atomic E-state index is -0.491. The summed E-state index contributed by atoms with van der Waals surface area (Å²) in [4.78, 5) is 17.0. The Morgan fingerprint density at radius 1 is 1.07 bits per heavy atom. The lowest BCUT2D eigenvalue weighted by Gasteiger charge is -2.22. The smallest absolute Gasteiger partial charge is 0.267 e. The maximum Gasteiger partial charge on any atom is 0.276 e. The number of pyridine rings is 1. The highest BCUT2D eigenvalue weighted by Crippen LogP contribution is 2.35. The molecule has 0 aliphatic carbocycles. The first-order valence-electron chi connectivity index (χ1n) is 8.76. The molecule has 0 fully saturated rings. The summed E-state index contributed by atoms with van der Waals surface area (Å²) in [5, 5.41) is 5.95. The molecule has 3 aromatic rings. The highest BCUT2D eigenvalue weighted by molar-refractivity contribution is 6.05. The van der Waals surface area contributed by atoms with E-state index in [1.807, 2.05) is 31.2 Å². The number of hydrogen-bond donors (Lipinski definition) is 0. The van der Waals surface area contributed by atoms with Crippen LogP contribution in [-0.2, 0) is 0 Å². The van der Waals surface area contributed by atoms with E-state index in [4.69, 9.17) is 0 Å². The van der Waals surface area contributed by atoms with Gasteiger partial charge in [-0.25, -0.2) is 9.40 Å². The Bertz CT molecular complexity index is 1000. The van der Waals surface area contributed by atoms with Crippen molar-refractivity contribution in [2.24, 2.45) is 5.10 Å². The molecule has 1 atom stereocenters. The zero-order valence-electron chi connectivity index (χ0n) is 14.8. The summed E-state index contributed by atoms with van der Waals surface area (Å²) in [6.07, 6.45) is 3.56. The van der Waals surface area contributed by atoms with Crippen LogP contribution in [0.2, 0.25) is 0 Å². The quantitative estimate of drug-likeness (QED) is 0.690. The number of aryl methyl sites for hydroxylation is 1. The first-order chi connectivity index (χ1) is 13.1. The monoisotopic (exact) mass is 359 g/mol. The number of carbonyl (C=O) groups excluding carboxylic acids is 1. The molecule has 0 bridgehead atoms. The predicted molar refractivity (Wildman–Crippen MR) is 102 cm³/mol. The number of benzene rings is 2. The van der Waals surface area contributed by atoms with Crippen LogP contribution in [-0.4, -0.2) is 21.6 Å². The van der Waals surface area contributed by atoms with Crippen molar-refractivity contribution in [2.75, 3.05) is 0 Å². The number of amides is 1. The number of carbonyl (C=O) groups is 1. The normalized spacial score (nSPS) is 16.3. The van der Waals surface area contributed by atoms with E-state index in [9.17, 15) is 9.18 Å². The molecule has 4 rings (SSSR count). The Morgan fingerprint density at radius 2 is 1.85 bits per heavy atom. The second-order valence-corrected chi connectivity index (χ2v) is 6.55. The molecule has 0 radical (unpaired) electrons. The third kappa shape index (κ3) is 3.36. The summed E-state index contributed by atoms with van der Waals surface area (Å²) in [6, 6.07) is 17.4. The average molecular weight is 359 g/mol. The van der Waals surface area contributed by atoms with Crippen molar-refractivity contribution in [1.29, 1.82) is 0 Å². The third-order valence-electron chi connectivity index (χ3n) is 4.68. The Hall–Kier alpha value is -3.34. The van der Waals surface area contributed by atoms with E-state index in [0.29, 0.717) is 17.5 Å². The number of hydrogen-bond acceptors (Lipinski definition) is 3. The van der Waals surface area contributed by atoms with Gasteiger partial charge in [-0.15, -0.1) is 0 Å². The van der Waals surface area contributed by atoms with Gasteiger partial charge in [0.25, 0.3) is 5.91 Å². The van der Waals surface area contributed by atoms with E-state index < -0.39 is 6.04 Å². The van der Waals surface area contributed by atoms with Crippen molar-refractivity contribution in [1.82, 2.24) is 9.99 Å². The van der Waals surface area contributed by atoms with Gasteiger partial charge in [0.1, 0.15) is 5.82 Å². The van der Waals surface area contributed by atoms with Crippen molar-refractivity contribution in [3.63, 3.8) is 0 Å². The van der Waals surface area contributed by atoms with E-state index in [2.05, 4.69) is 10.1 Å². The molecule has 0 unspecified atom stereocenters. The van der Waals surface area contributed by atoms with Crippen molar-refractivity contribution in [3.8, 4) is 0 Å². The Morgan fingerprint density at radius 3 is 2.56 bits per heavy atom. The molecule has 0 saturated carbocycles. The number of halogens is 1. The van der Waals surface area contributed by atoms with E-state index >= 15 is 0 Å². The van der Waals surface area contributed by atoms with Gasteiger partial charge in [0, 0.05) is 24.4 Å². The van der Waals surface area contributed by atoms with Gasteiger partial charge in [0.15, 0.2) is 0 Å². The minimum Gasteiger partial charge on any atom is -0.267 e. The van der Waals surface area contributed by atoms with Gasteiger partial charge in [-0.05, 0) is 30.7 Å². The molecule has 0 saturated heterocycles. The van der Waals surface area contributed by atoms with Gasteiger partial charge in [-0.1, -0.05) is 48.0 Å². The van der Waals surface area contributed by atoms with E-state index in [0.717, 1.165) is 16.8 Å². The first-order valence-corrected chi connectivity index (χ1v) is 8.76. The molecule has 0 N–H and O–H groups in total. The molecule has 0 spiro atoms. The SMILES string of the molecule is Cc1ccc(C2=NN(C(=O)c3cccnc3)[C@@H](c3ccccc3F)C2)cc1. The zero-order valence-corrected chi connectivity index (χ0v) is 14.8. The maximum atomic E-state index is 14.5. The van der Waals surface area contributed by atoms with Crippen LogP contribution in [0, 0.1) is 12.7 Å². The van der Waals surface area contributed by atoms with Crippen molar-refractivity contribution >= 4 is 11.6 Å². The highest BCUT2D eigenvalue weighted by atomic mass is 19.1. The molecular formula is C22H18FN3O. The molecule has 1 aliphatic rings. The van der Waals surface area contributed by atoms with Crippen LogP contribution in [0.25, 0.3) is 0 Å². The lowest BCUT2D eigenvalue weighted by Crippen LogP contribution is -2.27. The van der Waals surface area contributed by atoms with Crippen LogP contribution in [0.5, 0.6) is 0 Å². The van der Waals surface area contributed by atoms with Crippen molar-refractivity contribution < 1.29 is 9.18 Å². The van der Waals surface area contributed by atoms with Crippen LogP contribution in [0.15, 0.2) is 78.2 Å². The van der Waals surface area contributed by atoms with Crippen LogP contribution in [0.3, 0.4) is 0 Å².